The Labute approximate surface area is 151 Å². The van der Waals surface area contributed by atoms with Crippen molar-refractivity contribution in [2.75, 3.05) is 5.32 Å². The molecule has 0 aliphatic heterocycles. The van der Waals surface area contributed by atoms with E-state index in [-0.39, 0.29) is 17.7 Å². The van der Waals surface area contributed by atoms with Crippen molar-refractivity contribution in [1.29, 1.82) is 0 Å². The number of carboxylic acid groups (broad SMARTS) is 1. The van der Waals surface area contributed by atoms with E-state index in [1.165, 1.54) is 22.7 Å². The summed E-state index contributed by atoms with van der Waals surface area (Å²) in [5.74, 6) is -2.36. The molecule has 2 aromatic heterocycles. The summed E-state index contributed by atoms with van der Waals surface area (Å²) in [6.45, 7) is 0. The Bertz CT molecular complexity index is 844. The first-order chi connectivity index (χ1) is 11.5. The number of hydrogen-bond donors (Lipinski definition) is 2. The number of carboxylic acids is 1. The van der Waals surface area contributed by atoms with E-state index in [0.29, 0.717) is 9.47 Å². The summed E-state index contributed by atoms with van der Waals surface area (Å²) in [6, 6.07) is 3.69. The highest BCUT2D eigenvalue weighted by atomic mass is 35.5. The van der Waals surface area contributed by atoms with Crippen molar-refractivity contribution in [2.45, 2.75) is 6.42 Å². The second kappa shape index (κ2) is 5.98. The maximum absolute atomic E-state index is 12.6. The Balaban J connectivity index is 1.51. The summed E-state index contributed by atoms with van der Waals surface area (Å²) in [7, 11) is 0. The minimum absolute atomic E-state index is 0.00614. The van der Waals surface area contributed by atoms with Crippen LogP contribution in [0.2, 0.25) is 4.34 Å². The molecule has 2 aliphatic rings. The van der Waals surface area contributed by atoms with Gasteiger partial charge in [0.15, 0.2) is 5.13 Å². The molecule has 124 valence electrons. The fraction of sp³-hybridized carbons (Fsp3) is 0.312. The second-order valence-corrected chi connectivity index (χ2v) is 8.54. The van der Waals surface area contributed by atoms with Gasteiger partial charge in [0, 0.05) is 5.38 Å². The first kappa shape index (κ1) is 15.8. The van der Waals surface area contributed by atoms with Gasteiger partial charge in [-0.3, -0.25) is 9.59 Å². The Hall–Kier alpha value is -1.70. The van der Waals surface area contributed by atoms with Crippen LogP contribution in [0.15, 0.2) is 29.7 Å². The zero-order valence-electron chi connectivity index (χ0n) is 12.3. The highest BCUT2D eigenvalue weighted by Crippen LogP contribution is 2.48. The molecule has 2 heterocycles. The molecule has 2 N–H and O–H groups in total. The zero-order chi connectivity index (χ0) is 16.8. The number of allylic oxidation sites excluding steroid dienone is 2. The van der Waals surface area contributed by atoms with E-state index in [4.69, 9.17) is 11.6 Å². The lowest BCUT2D eigenvalue weighted by Crippen LogP contribution is -2.36. The molecule has 1 saturated carbocycles. The Morgan fingerprint density at radius 2 is 2.00 bits per heavy atom. The summed E-state index contributed by atoms with van der Waals surface area (Å²) in [6.07, 6.45) is 4.64. The molecule has 5 nitrogen and oxygen atoms in total. The van der Waals surface area contributed by atoms with Crippen molar-refractivity contribution >= 4 is 51.3 Å². The number of hydrogen-bond acceptors (Lipinski definition) is 5. The number of rotatable bonds is 4. The van der Waals surface area contributed by atoms with E-state index in [1.807, 2.05) is 23.6 Å². The van der Waals surface area contributed by atoms with Crippen molar-refractivity contribution in [3.8, 4) is 10.6 Å². The van der Waals surface area contributed by atoms with Crippen LogP contribution < -0.4 is 5.32 Å². The predicted octanol–water partition coefficient (Wildman–Crippen LogP) is 3.99. The monoisotopic (exact) mass is 380 g/mol. The maximum atomic E-state index is 12.6. The lowest BCUT2D eigenvalue weighted by molar-refractivity contribution is -0.146. The van der Waals surface area contributed by atoms with Crippen LogP contribution in [-0.4, -0.2) is 22.0 Å². The van der Waals surface area contributed by atoms with E-state index >= 15 is 0 Å². The van der Waals surface area contributed by atoms with Crippen LogP contribution in [-0.2, 0) is 9.59 Å². The number of anilines is 1. The number of thiazole rings is 1. The van der Waals surface area contributed by atoms with Crippen molar-refractivity contribution in [2.24, 2.45) is 23.7 Å². The first-order valence-electron chi connectivity index (χ1n) is 7.46. The van der Waals surface area contributed by atoms with Crippen molar-refractivity contribution < 1.29 is 14.7 Å². The smallest absolute Gasteiger partial charge is 0.307 e. The number of aromatic nitrogens is 1. The van der Waals surface area contributed by atoms with Gasteiger partial charge < -0.3 is 10.4 Å². The van der Waals surface area contributed by atoms with Crippen molar-refractivity contribution in [3.05, 3.63) is 34.0 Å². The number of carbonyl (C=O) groups is 2. The van der Waals surface area contributed by atoms with Crippen molar-refractivity contribution in [1.82, 2.24) is 4.98 Å². The Morgan fingerprint density at radius 3 is 2.67 bits per heavy atom. The summed E-state index contributed by atoms with van der Waals surface area (Å²) in [4.78, 5) is 29.5. The first-order valence-corrected chi connectivity index (χ1v) is 9.53. The van der Waals surface area contributed by atoms with Crippen LogP contribution in [0.1, 0.15) is 6.42 Å². The van der Waals surface area contributed by atoms with Gasteiger partial charge in [-0.2, -0.15) is 0 Å². The van der Waals surface area contributed by atoms with Crippen LogP contribution in [0.5, 0.6) is 0 Å². The van der Waals surface area contributed by atoms with Crippen LogP contribution in [0.25, 0.3) is 10.6 Å². The number of amides is 1. The lowest BCUT2D eigenvalue weighted by Gasteiger charge is -2.23. The average Bonchev–Trinajstić information content (AvgIpc) is 3.29. The minimum atomic E-state index is -0.903. The van der Waals surface area contributed by atoms with Crippen LogP contribution in [0.3, 0.4) is 0 Å². The molecule has 2 bridgehead atoms. The molecule has 0 spiro atoms. The van der Waals surface area contributed by atoms with Crippen LogP contribution in [0, 0.1) is 23.7 Å². The molecule has 0 saturated heterocycles. The fourth-order valence-electron chi connectivity index (χ4n) is 3.60. The molecule has 0 unspecified atom stereocenters. The summed E-state index contributed by atoms with van der Waals surface area (Å²) in [5, 5.41) is 14.6. The third kappa shape index (κ3) is 2.66. The molecule has 0 radical (unpaired) electrons. The van der Waals surface area contributed by atoms with Gasteiger partial charge in [-0.15, -0.1) is 22.7 Å². The maximum Gasteiger partial charge on any atom is 0.307 e. The molecule has 4 rings (SSSR count). The van der Waals surface area contributed by atoms with Crippen LogP contribution in [0.4, 0.5) is 5.13 Å². The minimum Gasteiger partial charge on any atom is -0.481 e. The molecular formula is C16H13ClN2O3S2. The lowest BCUT2D eigenvalue weighted by atomic mass is 9.82. The van der Waals surface area contributed by atoms with Gasteiger partial charge in [0.25, 0.3) is 0 Å². The molecule has 1 amide bonds. The summed E-state index contributed by atoms with van der Waals surface area (Å²) >= 11 is 8.68. The third-order valence-electron chi connectivity index (χ3n) is 4.61. The zero-order valence-corrected chi connectivity index (χ0v) is 14.7. The van der Waals surface area contributed by atoms with Gasteiger partial charge in [0.2, 0.25) is 5.91 Å². The van der Waals surface area contributed by atoms with Gasteiger partial charge in [-0.1, -0.05) is 23.8 Å². The number of aliphatic carboxylic acids is 1. The number of nitrogens with zero attached hydrogens (tertiary/aromatic N) is 1. The summed E-state index contributed by atoms with van der Waals surface area (Å²) in [5.41, 5.74) is 0.759. The van der Waals surface area contributed by atoms with Gasteiger partial charge in [-0.05, 0) is 30.4 Å². The average molecular weight is 381 g/mol. The van der Waals surface area contributed by atoms with Gasteiger partial charge in [-0.25, -0.2) is 4.98 Å². The quantitative estimate of drug-likeness (QED) is 0.786. The van der Waals surface area contributed by atoms with E-state index < -0.39 is 17.8 Å². The largest absolute Gasteiger partial charge is 0.481 e. The molecule has 2 aromatic rings. The standard InChI is InChI=1S/C16H13ClN2O3S2/c17-11-4-3-10(24-11)9-6-23-16(18-9)19-14(20)12-7-1-2-8(5-7)13(12)15(21)22/h1-4,6-8,12-13H,5H2,(H,21,22)(H,18,19,20)/t7-,8+,12-,13-/m0/s1. The summed E-state index contributed by atoms with van der Waals surface area (Å²) < 4.78 is 0.682. The van der Waals surface area contributed by atoms with Gasteiger partial charge in [0.05, 0.1) is 26.7 Å². The molecule has 2 aliphatic carbocycles. The number of halogens is 1. The molecule has 0 aromatic carbocycles. The third-order valence-corrected chi connectivity index (χ3v) is 6.62. The van der Waals surface area contributed by atoms with E-state index in [2.05, 4.69) is 10.3 Å². The van der Waals surface area contributed by atoms with E-state index in [1.54, 1.807) is 6.07 Å². The number of carbonyl (C=O) groups excluding carboxylic acids is 1. The molecule has 24 heavy (non-hydrogen) atoms. The number of nitrogens with one attached hydrogen (secondary N) is 1. The highest BCUT2D eigenvalue weighted by molar-refractivity contribution is 7.20. The number of thiophene rings is 1. The van der Waals surface area contributed by atoms with Gasteiger partial charge in [0.1, 0.15) is 0 Å². The predicted molar refractivity (Wildman–Crippen MR) is 94.4 cm³/mol. The second-order valence-electron chi connectivity index (χ2n) is 5.97. The van der Waals surface area contributed by atoms with E-state index in [9.17, 15) is 14.7 Å². The fourth-order valence-corrected chi connectivity index (χ4v) is 5.39. The highest BCUT2D eigenvalue weighted by Gasteiger charge is 2.51. The normalized spacial score (nSPS) is 27.5. The van der Waals surface area contributed by atoms with Gasteiger partial charge >= 0.3 is 5.97 Å². The molecular weight excluding hydrogens is 368 g/mol. The SMILES string of the molecule is O=C(O)[C@@H]1[C@@H](C(=O)Nc2nc(-c3ccc(Cl)s3)cs2)[C@H]2C=C[C@@H]1C2. The Morgan fingerprint density at radius 1 is 1.25 bits per heavy atom. The van der Waals surface area contributed by atoms with Crippen LogP contribution >= 0.6 is 34.3 Å². The molecule has 1 fully saturated rings. The number of fused-ring (bicyclic) bond motifs is 2. The molecule has 8 heteroatoms. The Kier molecular flexibility index (Phi) is 3.94. The topological polar surface area (TPSA) is 79.3 Å². The molecule has 4 atom stereocenters. The van der Waals surface area contributed by atoms with E-state index in [0.717, 1.165) is 17.0 Å². The van der Waals surface area contributed by atoms with Crippen molar-refractivity contribution in [3.63, 3.8) is 0 Å².